The molecule has 0 aromatic heterocycles. The van der Waals surface area contributed by atoms with Crippen LogP contribution in [0.3, 0.4) is 0 Å². The molecule has 1 unspecified atom stereocenters. The number of halogens is 2. The van der Waals surface area contributed by atoms with E-state index in [0.717, 1.165) is 16.5 Å². The van der Waals surface area contributed by atoms with Gasteiger partial charge in [0.05, 0.1) is 5.02 Å². The van der Waals surface area contributed by atoms with E-state index >= 15 is 0 Å². The van der Waals surface area contributed by atoms with Crippen LogP contribution >= 0.6 is 27.5 Å². The zero-order valence-corrected chi connectivity index (χ0v) is 12.2. The zero-order valence-electron chi connectivity index (χ0n) is 9.84. The van der Waals surface area contributed by atoms with Gasteiger partial charge in [0.15, 0.2) is 5.96 Å². The van der Waals surface area contributed by atoms with Crippen LogP contribution in [0.15, 0.2) is 27.7 Å². The normalized spacial score (nSPS) is 20.9. The van der Waals surface area contributed by atoms with E-state index in [1.165, 1.54) is 0 Å². The topological polar surface area (TPSA) is 53.5 Å². The number of benzene rings is 1. The highest BCUT2D eigenvalue weighted by atomic mass is 79.9. The van der Waals surface area contributed by atoms with Gasteiger partial charge in [-0.1, -0.05) is 24.6 Å². The van der Waals surface area contributed by atoms with Crippen molar-refractivity contribution >= 4 is 39.4 Å². The quantitative estimate of drug-likeness (QED) is 0.895. The molecule has 1 atom stereocenters. The van der Waals surface area contributed by atoms with E-state index in [1.807, 2.05) is 19.1 Å². The Bertz CT molecular complexity index is 504. The first-order valence-electron chi connectivity index (χ1n) is 5.68. The molecule has 6 heteroatoms. The van der Waals surface area contributed by atoms with E-state index in [4.69, 9.17) is 11.6 Å². The lowest BCUT2D eigenvalue weighted by molar-refractivity contribution is -0.120. The van der Waals surface area contributed by atoms with Crippen LogP contribution in [0, 0.1) is 0 Å². The fourth-order valence-electron chi connectivity index (χ4n) is 1.66. The van der Waals surface area contributed by atoms with Gasteiger partial charge in [-0.05, 0) is 40.0 Å². The minimum Gasteiger partial charge on any atom is -0.340 e. The molecule has 0 bridgehead atoms. The molecular formula is C12H13BrClN3O. The van der Waals surface area contributed by atoms with Crippen LogP contribution in [0.1, 0.15) is 24.9 Å². The van der Waals surface area contributed by atoms with Gasteiger partial charge in [0, 0.05) is 11.0 Å². The molecule has 0 saturated carbocycles. The number of nitrogens with one attached hydrogen (secondary N) is 2. The summed E-state index contributed by atoms with van der Waals surface area (Å²) in [6.45, 7) is 2.73. The molecule has 18 heavy (non-hydrogen) atoms. The van der Waals surface area contributed by atoms with Crippen molar-refractivity contribution in [2.45, 2.75) is 19.4 Å². The average Bonchev–Trinajstić information content (AvgIpc) is 2.71. The molecule has 2 rings (SSSR count). The second-order valence-corrected chi connectivity index (χ2v) is 5.23. The molecule has 1 saturated heterocycles. The third-order valence-corrected chi connectivity index (χ3v) is 3.79. The Hall–Kier alpha value is -1.07. The summed E-state index contributed by atoms with van der Waals surface area (Å²) in [5, 5.41) is 6.35. The third-order valence-electron chi connectivity index (χ3n) is 2.56. The van der Waals surface area contributed by atoms with E-state index in [1.54, 1.807) is 6.07 Å². The van der Waals surface area contributed by atoms with Crippen LogP contribution in [-0.2, 0) is 4.79 Å². The summed E-state index contributed by atoms with van der Waals surface area (Å²) >= 11 is 9.35. The molecule has 1 aromatic rings. The van der Waals surface area contributed by atoms with Gasteiger partial charge in [-0.2, -0.15) is 0 Å². The molecule has 2 N–H and O–H groups in total. The monoisotopic (exact) mass is 329 g/mol. The molecule has 1 aliphatic rings. The number of carbonyl (C=O) groups is 1. The standard InChI is InChI=1S/C12H13BrClN3O/c1-2-5-15-12-16-10(11(18)17-12)7-3-4-8(13)9(14)6-7/h3-4,6,10H,2,5H2,1H3,(H2,15,16,17,18). The van der Waals surface area contributed by atoms with Crippen LogP contribution in [-0.4, -0.2) is 18.4 Å². The van der Waals surface area contributed by atoms with Gasteiger partial charge in [-0.15, -0.1) is 0 Å². The largest absolute Gasteiger partial charge is 0.340 e. The Morgan fingerprint density at radius 2 is 2.28 bits per heavy atom. The van der Waals surface area contributed by atoms with Crippen LogP contribution in [0.2, 0.25) is 5.02 Å². The van der Waals surface area contributed by atoms with E-state index < -0.39 is 6.04 Å². The summed E-state index contributed by atoms with van der Waals surface area (Å²) in [7, 11) is 0. The average molecular weight is 331 g/mol. The number of nitrogens with zero attached hydrogens (tertiary/aromatic N) is 1. The first-order valence-corrected chi connectivity index (χ1v) is 6.85. The molecule has 1 amide bonds. The maximum Gasteiger partial charge on any atom is 0.253 e. The number of hydrogen-bond donors (Lipinski definition) is 2. The second-order valence-electron chi connectivity index (χ2n) is 3.97. The number of carbonyl (C=O) groups excluding carboxylic acids is 1. The maximum absolute atomic E-state index is 11.8. The van der Waals surface area contributed by atoms with E-state index in [9.17, 15) is 4.79 Å². The molecule has 0 spiro atoms. The molecule has 0 aliphatic carbocycles. The summed E-state index contributed by atoms with van der Waals surface area (Å²) in [5.41, 5.74) is 0.822. The summed E-state index contributed by atoms with van der Waals surface area (Å²) in [6, 6.07) is 5.03. The lowest BCUT2D eigenvalue weighted by atomic mass is 10.1. The Morgan fingerprint density at radius 3 is 2.94 bits per heavy atom. The second kappa shape index (κ2) is 5.71. The smallest absolute Gasteiger partial charge is 0.253 e. The van der Waals surface area contributed by atoms with Crippen molar-refractivity contribution in [3.05, 3.63) is 33.3 Å². The number of hydrogen-bond acceptors (Lipinski definition) is 2. The first-order chi connectivity index (χ1) is 8.61. The molecule has 1 heterocycles. The lowest BCUT2D eigenvalue weighted by Crippen LogP contribution is -2.25. The van der Waals surface area contributed by atoms with E-state index in [2.05, 4.69) is 31.6 Å². The Balaban J connectivity index is 2.19. The number of rotatable bonds is 3. The Kier molecular flexibility index (Phi) is 4.24. The molecule has 4 nitrogen and oxygen atoms in total. The number of aliphatic imine (C=N–C) groups is 1. The van der Waals surface area contributed by atoms with Crippen molar-refractivity contribution in [1.82, 2.24) is 10.6 Å². The summed E-state index contributed by atoms with van der Waals surface area (Å²) in [5.74, 6) is 0.425. The van der Waals surface area contributed by atoms with Gasteiger partial charge in [0.1, 0.15) is 6.04 Å². The SMILES string of the molecule is CCCN=C1NC(=O)C(c2ccc(Br)c(Cl)c2)N1. The van der Waals surface area contributed by atoms with Crippen molar-refractivity contribution < 1.29 is 4.79 Å². The van der Waals surface area contributed by atoms with Crippen molar-refractivity contribution in [3.8, 4) is 0 Å². The van der Waals surface area contributed by atoms with Crippen molar-refractivity contribution in [2.75, 3.05) is 6.54 Å². The minimum absolute atomic E-state index is 0.108. The summed E-state index contributed by atoms with van der Waals surface area (Å²) in [4.78, 5) is 16.1. The highest BCUT2D eigenvalue weighted by Crippen LogP contribution is 2.27. The molecule has 96 valence electrons. The van der Waals surface area contributed by atoms with Crippen LogP contribution in [0.4, 0.5) is 0 Å². The van der Waals surface area contributed by atoms with Gasteiger partial charge < -0.3 is 5.32 Å². The van der Waals surface area contributed by atoms with Gasteiger partial charge in [0.2, 0.25) is 0 Å². The van der Waals surface area contributed by atoms with Crippen molar-refractivity contribution in [2.24, 2.45) is 4.99 Å². The molecule has 1 aliphatic heterocycles. The van der Waals surface area contributed by atoms with Crippen molar-refractivity contribution in [3.63, 3.8) is 0 Å². The third kappa shape index (κ3) is 2.84. The highest BCUT2D eigenvalue weighted by molar-refractivity contribution is 9.10. The molecule has 0 radical (unpaired) electrons. The van der Waals surface area contributed by atoms with Crippen molar-refractivity contribution in [1.29, 1.82) is 0 Å². The predicted molar refractivity (Wildman–Crippen MR) is 75.8 cm³/mol. The van der Waals surface area contributed by atoms with Gasteiger partial charge in [-0.3, -0.25) is 15.1 Å². The van der Waals surface area contributed by atoms with E-state index in [-0.39, 0.29) is 5.91 Å². The Labute approximate surface area is 119 Å². The minimum atomic E-state index is -0.425. The maximum atomic E-state index is 11.8. The number of guanidine groups is 1. The molecule has 1 aromatic carbocycles. The molecule has 1 fully saturated rings. The lowest BCUT2D eigenvalue weighted by Gasteiger charge is -2.09. The van der Waals surface area contributed by atoms with Crippen LogP contribution in [0.5, 0.6) is 0 Å². The fourth-order valence-corrected chi connectivity index (χ4v) is 2.10. The van der Waals surface area contributed by atoms with Crippen LogP contribution < -0.4 is 10.6 Å². The summed E-state index contributed by atoms with van der Waals surface area (Å²) in [6.07, 6.45) is 0.940. The first kappa shape index (κ1) is 13.4. The summed E-state index contributed by atoms with van der Waals surface area (Å²) < 4.78 is 0.811. The predicted octanol–water partition coefficient (Wildman–Crippen LogP) is 2.63. The van der Waals surface area contributed by atoms with Gasteiger partial charge in [0.25, 0.3) is 5.91 Å². The zero-order chi connectivity index (χ0) is 13.1. The van der Waals surface area contributed by atoms with Gasteiger partial charge in [-0.25, -0.2) is 0 Å². The van der Waals surface area contributed by atoms with Crippen LogP contribution in [0.25, 0.3) is 0 Å². The Morgan fingerprint density at radius 1 is 1.50 bits per heavy atom. The highest BCUT2D eigenvalue weighted by Gasteiger charge is 2.29. The number of amides is 1. The van der Waals surface area contributed by atoms with Gasteiger partial charge >= 0.3 is 0 Å². The van der Waals surface area contributed by atoms with E-state index in [0.29, 0.717) is 17.5 Å². The fraction of sp³-hybridized carbons (Fsp3) is 0.333. The molecular weight excluding hydrogens is 318 g/mol.